The Balaban J connectivity index is 1.94. The minimum absolute atomic E-state index is 0.585. The molecule has 1 aliphatic rings. The van der Waals surface area contributed by atoms with Gasteiger partial charge in [-0.25, -0.2) is 9.97 Å². The van der Waals surface area contributed by atoms with Crippen LogP contribution in [-0.2, 0) is 0 Å². The lowest BCUT2D eigenvalue weighted by Crippen LogP contribution is -2.42. The smallest absolute Gasteiger partial charge is 0.133 e. The highest BCUT2D eigenvalue weighted by molar-refractivity contribution is 5.47. The van der Waals surface area contributed by atoms with Gasteiger partial charge in [0.05, 0.1) is 0 Å². The van der Waals surface area contributed by atoms with Crippen molar-refractivity contribution >= 4 is 11.6 Å². The average Bonchev–Trinajstić information content (AvgIpc) is 2.40. The number of likely N-dealkylation sites (N-methyl/N-ethyl adjacent to an activating group) is 1. The summed E-state index contributed by atoms with van der Waals surface area (Å²) in [7, 11) is 2.09. The van der Waals surface area contributed by atoms with Gasteiger partial charge in [-0.05, 0) is 26.3 Å². The lowest BCUT2D eigenvalue weighted by molar-refractivity contribution is 0.403. The Labute approximate surface area is 109 Å². The molecule has 0 aliphatic carbocycles. The van der Waals surface area contributed by atoms with E-state index in [2.05, 4.69) is 39.5 Å². The molecule has 5 nitrogen and oxygen atoms in total. The van der Waals surface area contributed by atoms with Gasteiger partial charge in [0.25, 0.3) is 0 Å². The molecule has 1 aliphatic heterocycles. The van der Waals surface area contributed by atoms with E-state index in [4.69, 9.17) is 0 Å². The summed E-state index contributed by atoms with van der Waals surface area (Å²) in [4.78, 5) is 10.7. The highest BCUT2D eigenvalue weighted by Gasteiger charge is 2.15. The SMILES string of the molecule is CCNc1cc(N(C)CC2CCCCN2)ncn1. The maximum Gasteiger partial charge on any atom is 0.133 e. The van der Waals surface area contributed by atoms with E-state index in [1.807, 2.05) is 6.07 Å². The molecule has 18 heavy (non-hydrogen) atoms. The summed E-state index contributed by atoms with van der Waals surface area (Å²) in [5, 5.41) is 6.77. The van der Waals surface area contributed by atoms with E-state index >= 15 is 0 Å². The third kappa shape index (κ3) is 3.57. The number of aromatic nitrogens is 2. The van der Waals surface area contributed by atoms with Gasteiger partial charge in [0.15, 0.2) is 0 Å². The minimum atomic E-state index is 0.585. The van der Waals surface area contributed by atoms with E-state index in [9.17, 15) is 0 Å². The Hall–Kier alpha value is -1.36. The summed E-state index contributed by atoms with van der Waals surface area (Å²) in [6, 6.07) is 2.59. The van der Waals surface area contributed by atoms with Crippen LogP contribution in [0.5, 0.6) is 0 Å². The van der Waals surface area contributed by atoms with Crippen LogP contribution in [0.1, 0.15) is 26.2 Å². The van der Waals surface area contributed by atoms with Crippen molar-refractivity contribution in [3.8, 4) is 0 Å². The Morgan fingerprint density at radius 2 is 2.33 bits per heavy atom. The van der Waals surface area contributed by atoms with Crippen LogP contribution in [0.25, 0.3) is 0 Å². The van der Waals surface area contributed by atoms with Crippen molar-refractivity contribution < 1.29 is 0 Å². The predicted octanol–water partition coefficient (Wildman–Crippen LogP) is 1.49. The zero-order chi connectivity index (χ0) is 12.8. The van der Waals surface area contributed by atoms with Crippen molar-refractivity contribution in [2.75, 3.05) is 36.9 Å². The van der Waals surface area contributed by atoms with Crippen molar-refractivity contribution in [1.82, 2.24) is 15.3 Å². The van der Waals surface area contributed by atoms with Crippen molar-refractivity contribution in [2.24, 2.45) is 0 Å². The molecule has 0 spiro atoms. The standard InChI is InChI=1S/C13H23N5/c1-3-14-12-8-13(17-10-16-12)18(2)9-11-6-4-5-7-15-11/h8,10-11,15H,3-7,9H2,1-2H3,(H,14,16,17). The monoisotopic (exact) mass is 249 g/mol. The Morgan fingerprint density at radius 1 is 1.44 bits per heavy atom. The average molecular weight is 249 g/mol. The molecule has 1 saturated heterocycles. The number of anilines is 2. The number of rotatable bonds is 5. The number of hydrogen-bond donors (Lipinski definition) is 2. The molecule has 0 aromatic carbocycles. The van der Waals surface area contributed by atoms with Crippen LogP contribution >= 0.6 is 0 Å². The van der Waals surface area contributed by atoms with Crippen molar-refractivity contribution in [2.45, 2.75) is 32.2 Å². The molecular weight excluding hydrogens is 226 g/mol. The second kappa shape index (κ2) is 6.54. The van der Waals surface area contributed by atoms with Crippen molar-refractivity contribution in [3.63, 3.8) is 0 Å². The minimum Gasteiger partial charge on any atom is -0.370 e. The summed E-state index contributed by atoms with van der Waals surface area (Å²) in [6.07, 6.45) is 5.52. The van der Waals surface area contributed by atoms with Gasteiger partial charge < -0.3 is 15.5 Å². The van der Waals surface area contributed by atoms with E-state index in [0.717, 1.165) is 31.3 Å². The van der Waals surface area contributed by atoms with Gasteiger partial charge in [-0.3, -0.25) is 0 Å². The molecule has 100 valence electrons. The second-order valence-electron chi connectivity index (χ2n) is 4.82. The molecule has 2 N–H and O–H groups in total. The summed E-state index contributed by atoms with van der Waals surface area (Å²) < 4.78 is 0. The van der Waals surface area contributed by atoms with Gasteiger partial charge in [-0.1, -0.05) is 6.42 Å². The Morgan fingerprint density at radius 3 is 3.06 bits per heavy atom. The lowest BCUT2D eigenvalue weighted by Gasteiger charge is -2.28. The van der Waals surface area contributed by atoms with Gasteiger partial charge in [-0.2, -0.15) is 0 Å². The molecule has 0 radical (unpaired) electrons. The zero-order valence-corrected chi connectivity index (χ0v) is 11.3. The predicted molar refractivity (Wildman–Crippen MR) is 75.1 cm³/mol. The zero-order valence-electron chi connectivity index (χ0n) is 11.3. The van der Waals surface area contributed by atoms with E-state index in [1.54, 1.807) is 6.33 Å². The van der Waals surface area contributed by atoms with Crippen LogP contribution in [0.15, 0.2) is 12.4 Å². The molecule has 0 bridgehead atoms. The van der Waals surface area contributed by atoms with Gasteiger partial charge in [-0.15, -0.1) is 0 Å². The normalized spacial score (nSPS) is 19.6. The topological polar surface area (TPSA) is 53.1 Å². The third-order valence-corrected chi connectivity index (χ3v) is 3.31. The van der Waals surface area contributed by atoms with Gasteiger partial charge in [0.2, 0.25) is 0 Å². The van der Waals surface area contributed by atoms with Crippen LogP contribution in [0.2, 0.25) is 0 Å². The quantitative estimate of drug-likeness (QED) is 0.828. The summed E-state index contributed by atoms with van der Waals surface area (Å²) in [6.45, 7) is 5.09. The molecule has 1 unspecified atom stereocenters. The van der Waals surface area contributed by atoms with E-state index < -0.39 is 0 Å². The largest absolute Gasteiger partial charge is 0.370 e. The van der Waals surface area contributed by atoms with Crippen molar-refractivity contribution in [1.29, 1.82) is 0 Å². The molecule has 5 heteroatoms. The highest BCUT2D eigenvalue weighted by Crippen LogP contribution is 2.15. The van der Waals surface area contributed by atoms with Crippen LogP contribution in [0.3, 0.4) is 0 Å². The molecule has 1 aromatic heterocycles. The highest BCUT2D eigenvalue weighted by atomic mass is 15.2. The van der Waals surface area contributed by atoms with E-state index in [0.29, 0.717) is 6.04 Å². The molecule has 2 rings (SSSR count). The number of piperidine rings is 1. The fourth-order valence-corrected chi connectivity index (χ4v) is 2.34. The molecule has 1 fully saturated rings. The second-order valence-corrected chi connectivity index (χ2v) is 4.82. The van der Waals surface area contributed by atoms with Gasteiger partial charge >= 0.3 is 0 Å². The number of nitrogens with one attached hydrogen (secondary N) is 2. The van der Waals surface area contributed by atoms with E-state index in [1.165, 1.54) is 19.3 Å². The maximum atomic E-state index is 4.33. The van der Waals surface area contributed by atoms with Gasteiger partial charge in [0.1, 0.15) is 18.0 Å². The molecular formula is C13H23N5. The first-order valence-electron chi connectivity index (χ1n) is 6.80. The van der Waals surface area contributed by atoms with E-state index in [-0.39, 0.29) is 0 Å². The fraction of sp³-hybridized carbons (Fsp3) is 0.692. The summed E-state index contributed by atoms with van der Waals surface area (Å²) in [5.74, 6) is 1.87. The lowest BCUT2D eigenvalue weighted by atomic mass is 10.0. The van der Waals surface area contributed by atoms with Crippen LogP contribution in [0, 0.1) is 0 Å². The summed E-state index contributed by atoms with van der Waals surface area (Å²) in [5.41, 5.74) is 0. The molecule has 0 saturated carbocycles. The fourth-order valence-electron chi connectivity index (χ4n) is 2.34. The third-order valence-electron chi connectivity index (χ3n) is 3.31. The Bertz CT molecular complexity index is 362. The first-order valence-corrected chi connectivity index (χ1v) is 6.80. The van der Waals surface area contributed by atoms with Crippen LogP contribution in [0.4, 0.5) is 11.6 Å². The number of hydrogen-bond acceptors (Lipinski definition) is 5. The number of nitrogens with zero attached hydrogens (tertiary/aromatic N) is 3. The molecule has 1 aromatic rings. The van der Waals surface area contributed by atoms with Crippen LogP contribution < -0.4 is 15.5 Å². The first kappa shape index (κ1) is 13.1. The molecule has 0 amide bonds. The van der Waals surface area contributed by atoms with Crippen LogP contribution in [-0.4, -0.2) is 42.7 Å². The Kier molecular flexibility index (Phi) is 4.75. The van der Waals surface area contributed by atoms with Gasteiger partial charge in [0, 0.05) is 32.2 Å². The molecule has 1 atom stereocenters. The molecule has 2 heterocycles. The first-order chi connectivity index (χ1) is 8.79. The maximum absolute atomic E-state index is 4.33. The van der Waals surface area contributed by atoms with Crippen molar-refractivity contribution in [3.05, 3.63) is 12.4 Å². The summed E-state index contributed by atoms with van der Waals surface area (Å²) >= 11 is 0.